The Labute approximate surface area is 176 Å². The molecule has 1 aliphatic rings. The second-order valence-corrected chi connectivity index (χ2v) is 9.44. The number of nitrogens with zero attached hydrogens (tertiary/aromatic N) is 4. The van der Waals surface area contributed by atoms with E-state index in [2.05, 4.69) is 32.1 Å². The van der Waals surface area contributed by atoms with Gasteiger partial charge in [-0.25, -0.2) is 15.0 Å². The molecule has 1 aliphatic heterocycles. The summed E-state index contributed by atoms with van der Waals surface area (Å²) in [7, 11) is 0. The van der Waals surface area contributed by atoms with E-state index < -0.39 is 0 Å². The van der Waals surface area contributed by atoms with Gasteiger partial charge in [-0.05, 0) is 50.8 Å². The highest BCUT2D eigenvalue weighted by molar-refractivity contribution is 7.23. The van der Waals surface area contributed by atoms with E-state index in [0.717, 1.165) is 38.4 Å². The SMILES string of the molecule is Cc1c(C(=O)Nc2nc3ccccc3s2)sc2ncnc(N3CCCCC3C)c12. The van der Waals surface area contributed by atoms with Crippen molar-refractivity contribution in [1.82, 2.24) is 15.0 Å². The minimum atomic E-state index is -0.137. The molecule has 0 aliphatic carbocycles. The second-order valence-electron chi connectivity index (χ2n) is 7.41. The fourth-order valence-corrected chi connectivity index (χ4v) is 5.88. The van der Waals surface area contributed by atoms with E-state index in [9.17, 15) is 4.79 Å². The summed E-state index contributed by atoms with van der Waals surface area (Å²) in [6.07, 6.45) is 5.21. The van der Waals surface area contributed by atoms with Gasteiger partial charge in [0.2, 0.25) is 0 Å². The molecule has 3 aromatic heterocycles. The fourth-order valence-electron chi connectivity index (χ4n) is 3.98. The molecule has 4 heterocycles. The van der Waals surface area contributed by atoms with Crippen LogP contribution in [0.15, 0.2) is 30.6 Å². The number of carbonyl (C=O) groups is 1. The maximum Gasteiger partial charge on any atom is 0.267 e. The summed E-state index contributed by atoms with van der Waals surface area (Å²) >= 11 is 2.91. The summed E-state index contributed by atoms with van der Waals surface area (Å²) in [5, 5.41) is 4.59. The highest BCUT2D eigenvalue weighted by Crippen LogP contribution is 2.37. The van der Waals surface area contributed by atoms with Crippen molar-refractivity contribution in [2.24, 2.45) is 0 Å². The molecule has 4 aromatic rings. The smallest absolute Gasteiger partial charge is 0.267 e. The normalized spacial score (nSPS) is 17.2. The molecule has 148 valence electrons. The van der Waals surface area contributed by atoms with E-state index in [-0.39, 0.29) is 5.91 Å². The molecule has 0 saturated carbocycles. The van der Waals surface area contributed by atoms with Crippen LogP contribution in [-0.4, -0.2) is 33.4 Å². The van der Waals surface area contributed by atoms with E-state index in [1.54, 1.807) is 6.33 Å². The molecular formula is C21H21N5OS2. The Morgan fingerprint density at radius 3 is 2.90 bits per heavy atom. The Hall–Kier alpha value is -2.58. The minimum Gasteiger partial charge on any atom is -0.353 e. The van der Waals surface area contributed by atoms with Crippen molar-refractivity contribution in [3.63, 3.8) is 0 Å². The van der Waals surface area contributed by atoms with Gasteiger partial charge in [-0.2, -0.15) is 0 Å². The van der Waals surface area contributed by atoms with Gasteiger partial charge >= 0.3 is 0 Å². The number of carbonyl (C=O) groups excluding carboxylic acids is 1. The lowest BCUT2D eigenvalue weighted by Gasteiger charge is -2.34. The van der Waals surface area contributed by atoms with Crippen LogP contribution in [-0.2, 0) is 0 Å². The average molecular weight is 424 g/mol. The number of hydrogen-bond donors (Lipinski definition) is 1. The van der Waals surface area contributed by atoms with Crippen LogP contribution in [0.4, 0.5) is 10.9 Å². The zero-order valence-corrected chi connectivity index (χ0v) is 17.9. The van der Waals surface area contributed by atoms with Crippen LogP contribution < -0.4 is 10.2 Å². The topological polar surface area (TPSA) is 71.0 Å². The summed E-state index contributed by atoms with van der Waals surface area (Å²) in [6.45, 7) is 5.24. The lowest BCUT2D eigenvalue weighted by molar-refractivity contribution is 0.103. The zero-order valence-electron chi connectivity index (χ0n) is 16.3. The number of thiazole rings is 1. The fraction of sp³-hybridized carbons (Fsp3) is 0.333. The van der Waals surface area contributed by atoms with E-state index in [1.807, 2.05) is 31.2 Å². The van der Waals surface area contributed by atoms with Gasteiger partial charge in [-0.1, -0.05) is 23.5 Å². The first kappa shape index (κ1) is 18.4. The number of para-hydroxylation sites is 1. The van der Waals surface area contributed by atoms with Gasteiger partial charge in [-0.15, -0.1) is 11.3 Å². The van der Waals surface area contributed by atoms with Gasteiger partial charge in [-0.3, -0.25) is 10.1 Å². The highest BCUT2D eigenvalue weighted by Gasteiger charge is 2.26. The first-order chi connectivity index (χ1) is 14.1. The number of rotatable bonds is 3. The Morgan fingerprint density at radius 2 is 2.07 bits per heavy atom. The third-order valence-electron chi connectivity index (χ3n) is 5.50. The highest BCUT2D eigenvalue weighted by atomic mass is 32.1. The van der Waals surface area contributed by atoms with Crippen LogP contribution >= 0.6 is 22.7 Å². The largest absolute Gasteiger partial charge is 0.353 e. The molecule has 0 spiro atoms. The molecule has 0 bridgehead atoms. The monoisotopic (exact) mass is 423 g/mol. The van der Waals surface area contributed by atoms with Crippen LogP contribution in [0, 0.1) is 6.92 Å². The molecule has 1 amide bonds. The molecule has 5 rings (SSSR count). The second kappa shape index (κ2) is 7.35. The van der Waals surface area contributed by atoms with Crippen molar-refractivity contribution in [3.8, 4) is 0 Å². The quantitative estimate of drug-likeness (QED) is 0.488. The van der Waals surface area contributed by atoms with Crippen molar-refractivity contribution in [3.05, 3.63) is 41.0 Å². The first-order valence-corrected chi connectivity index (χ1v) is 11.4. The number of aryl methyl sites for hydroxylation is 1. The van der Waals surface area contributed by atoms with Crippen molar-refractivity contribution in [1.29, 1.82) is 0 Å². The maximum atomic E-state index is 13.0. The Balaban J connectivity index is 1.51. The molecule has 1 unspecified atom stereocenters. The van der Waals surface area contributed by atoms with Gasteiger partial charge in [0.25, 0.3) is 5.91 Å². The summed E-state index contributed by atoms with van der Waals surface area (Å²) in [5.74, 6) is 0.817. The lowest BCUT2D eigenvalue weighted by Crippen LogP contribution is -2.38. The molecule has 1 fully saturated rings. The Kier molecular flexibility index (Phi) is 4.67. The molecule has 0 radical (unpaired) electrons. The molecule has 29 heavy (non-hydrogen) atoms. The lowest BCUT2D eigenvalue weighted by atomic mass is 10.0. The molecule has 1 atom stereocenters. The van der Waals surface area contributed by atoms with Gasteiger partial charge in [0, 0.05) is 12.6 Å². The molecular weight excluding hydrogens is 402 g/mol. The van der Waals surface area contributed by atoms with Gasteiger partial charge < -0.3 is 4.90 Å². The van der Waals surface area contributed by atoms with E-state index in [0.29, 0.717) is 16.1 Å². The average Bonchev–Trinajstić information content (AvgIpc) is 3.29. The van der Waals surface area contributed by atoms with Crippen molar-refractivity contribution < 1.29 is 4.79 Å². The molecule has 1 N–H and O–H groups in total. The summed E-state index contributed by atoms with van der Waals surface area (Å²) in [4.78, 5) is 30.5. The predicted octanol–water partition coefficient (Wildman–Crippen LogP) is 5.24. The zero-order chi connectivity index (χ0) is 20.0. The van der Waals surface area contributed by atoms with Crippen LogP contribution in [0.5, 0.6) is 0 Å². The van der Waals surface area contributed by atoms with Gasteiger partial charge in [0.15, 0.2) is 5.13 Å². The maximum absolute atomic E-state index is 13.0. The Morgan fingerprint density at radius 1 is 1.21 bits per heavy atom. The van der Waals surface area contributed by atoms with Crippen LogP contribution in [0.3, 0.4) is 0 Å². The van der Waals surface area contributed by atoms with Crippen molar-refractivity contribution >= 4 is 60.0 Å². The first-order valence-electron chi connectivity index (χ1n) is 9.79. The number of piperidine rings is 1. The Bertz CT molecular complexity index is 1180. The summed E-state index contributed by atoms with van der Waals surface area (Å²) < 4.78 is 1.06. The van der Waals surface area contributed by atoms with E-state index >= 15 is 0 Å². The number of fused-ring (bicyclic) bond motifs is 2. The molecule has 1 aromatic carbocycles. The van der Waals surface area contributed by atoms with Gasteiger partial charge in [0.05, 0.1) is 20.5 Å². The predicted molar refractivity (Wildman–Crippen MR) is 120 cm³/mol. The van der Waals surface area contributed by atoms with Crippen molar-refractivity contribution in [2.45, 2.75) is 39.2 Å². The minimum absolute atomic E-state index is 0.137. The number of anilines is 2. The molecule has 1 saturated heterocycles. The van der Waals surface area contributed by atoms with E-state index in [4.69, 9.17) is 0 Å². The number of aromatic nitrogens is 3. The molecule has 6 nitrogen and oxygen atoms in total. The van der Waals surface area contributed by atoms with Gasteiger partial charge in [0.1, 0.15) is 17.0 Å². The third kappa shape index (κ3) is 3.26. The summed E-state index contributed by atoms with van der Waals surface area (Å²) in [6, 6.07) is 8.33. The van der Waals surface area contributed by atoms with Crippen LogP contribution in [0.1, 0.15) is 41.4 Å². The number of amides is 1. The number of benzene rings is 1. The summed E-state index contributed by atoms with van der Waals surface area (Å²) in [5.41, 5.74) is 1.84. The standard InChI is InChI=1S/C21H21N5OS2/c1-12-7-5-6-10-26(12)18-16-13(2)17(29-20(16)23-11-22-18)19(27)25-21-24-14-8-3-4-9-15(14)28-21/h3-4,8-9,11-12H,5-7,10H2,1-2H3,(H,24,25,27). The van der Waals surface area contributed by atoms with E-state index in [1.165, 1.54) is 41.9 Å². The third-order valence-corrected chi connectivity index (χ3v) is 7.65. The number of hydrogen-bond acceptors (Lipinski definition) is 7. The number of nitrogens with one attached hydrogen (secondary N) is 1. The molecule has 8 heteroatoms. The van der Waals surface area contributed by atoms with Crippen LogP contribution in [0.2, 0.25) is 0 Å². The van der Waals surface area contributed by atoms with Crippen molar-refractivity contribution in [2.75, 3.05) is 16.8 Å². The number of thiophene rings is 1. The van der Waals surface area contributed by atoms with Crippen LogP contribution in [0.25, 0.3) is 20.4 Å².